The number of hydrogen-bond donors (Lipinski definition) is 2. The third kappa shape index (κ3) is 1.96. The predicted molar refractivity (Wildman–Crippen MR) is 60.2 cm³/mol. The van der Waals surface area contributed by atoms with E-state index in [4.69, 9.17) is 0 Å². The number of aromatic amines is 1. The number of nitrogens with one attached hydrogen (secondary N) is 2. The molecule has 0 radical (unpaired) electrons. The van der Waals surface area contributed by atoms with Crippen molar-refractivity contribution in [2.45, 2.75) is 44.6 Å². The highest BCUT2D eigenvalue weighted by Crippen LogP contribution is 2.39. The van der Waals surface area contributed by atoms with Gasteiger partial charge in [-0.05, 0) is 44.6 Å². The van der Waals surface area contributed by atoms with Gasteiger partial charge in [0.25, 0.3) is 5.91 Å². The maximum absolute atomic E-state index is 11.9. The van der Waals surface area contributed by atoms with Crippen LogP contribution >= 0.6 is 0 Å². The van der Waals surface area contributed by atoms with Gasteiger partial charge in [-0.25, -0.2) is 0 Å². The van der Waals surface area contributed by atoms with Crippen LogP contribution in [0.1, 0.15) is 54.7 Å². The molecule has 1 amide bonds. The molecule has 2 aliphatic carbocycles. The van der Waals surface area contributed by atoms with Gasteiger partial charge in [-0.1, -0.05) is 0 Å². The predicted octanol–water partition coefficient (Wildman–Crippen LogP) is 1.82. The van der Waals surface area contributed by atoms with Crippen LogP contribution in [0.15, 0.2) is 6.07 Å². The average molecular weight is 219 g/mol. The maximum Gasteiger partial charge on any atom is 0.271 e. The number of aromatic nitrogens is 2. The van der Waals surface area contributed by atoms with Gasteiger partial charge in [0, 0.05) is 17.7 Å². The summed E-state index contributed by atoms with van der Waals surface area (Å²) in [6.45, 7) is 2.07. The normalized spacial score (nSPS) is 21.8. The first-order valence-electron chi connectivity index (χ1n) is 6.10. The lowest BCUT2D eigenvalue weighted by molar-refractivity contribution is 0.0931. The molecule has 4 heteroatoms. The molecular weight excluding hydrogens is 202 g/mol. The molecule has 0 bridgehead atoms. The van der Waals surface area contributed by atoms with E-state index in [1.165, 1.54) is 25.7 Å². The standard InChI is InChI=1S/C12H17N3O/c1-7(8-2-3-8)13-12(16)11-6-10(14-15-11)9-4-5-9/h6-9H,2-5H2,1H3,(H,13,16)(H,14,15). The van der Waals surface area contributed by atoms with Crippen molar-refractivity contribution in [2.24, 2.45) is 5.92 Å². The molecule has 4 nitrogen and oxygen atoms in total. The van der Waals surface area contributed by atoms with Crippen molar-refractivity contribution in [3.05, 3.63) is 17.5 Å². The molecule has 3 rings (SSSR count). The number of H-pyrrole nitrogens is 1. The fraction of sp³-hybridized carbons (Fsp3) is 0.667. The Bertz CT molecular complexity index is 404. The molecule has 0 saturated heterocycles. The lowest BCUT2D eigenvalue weighted by Gasteiger charge is -2.10. The molecular formula is C12H17N3O. The Labute approximate surface area is 94.8 Å². The molecule has 1 unspecified atom stereocenters. The third-order valence-corrected chi connectivity index (χ3v) is 3.54. The second-order valence-corrected chi connectivity index (χ2v) is 5.08. The number of hydrogen-bond acceptors (Lipinski definition) is 2. The second-order valence-electron chi connectivity index (χ2n) is 5.08. The molecule has 1 atom stereocenters. The van der Waals surface area contributed by atoms with E-state index in [0.717, 1.165) is 5.69 Å². The van der Waals surface area contributed by atoms with Gasteiger partial charge in [0.1, 0.15) is 5.69 Å². The molecule has 2 aliphatic rings. The van der Waals surface area contributed by atoms with Gasteiger partial charge in [-0.2, -0.15) is 5.10 Å². The van der Waals surface area contributed by atoms with Crippen LogP contribution in [-0.2, 0) is 0 Å². The Morgan fingerprint density at radius 2 is 2.25 bits per heavy atom. The zero-order chi connectivity index (χ0) is 11.1. The SMILES string of the molecule is CC(NC(=O)c1cc(C2CC2)[nH]n1)C1CC1. The molecule has 86 valence electrons. The molecule has 1 aromatic heterocycles. The van der Waals surface area contributed by atoms with E-state index in [9.17, 15) is 4.79 Å². The van der Waals surface area contributed by atoms with Crippen molar-refractivity contribution in [2.75, 3.05) is 0 Å². The first-order valence-corrected chi connectivity index (χ1v) is 6.10. The van der Waals surface area contributed by atoms with E-state index in [1.54, 1.807) is 0 Å². The summed E-state index contributed by atoms with van der Waals surface area (Å²) < 4.78 is 0. The molecule has 16 heavy (non-hydrogen) atoms. The lowest BCUT2D eigenvalue weighted by atomic mass is 10.2. The summed E-state index contributed by atoms with van der Waals surface area (Å²) >= 11 is 0. The first-order chi connectivity index (χ1) is 7.74. The zero-order valence-corrected chi connectivity index (χ0v) is 9.49. The number of amides is 1. The molecule has 0 aromatic carbocycles. The molecule has 1 heterocycles. The minimum absolute atomic E-state index is 0.0393. The molecule has 0 spiro atoms. The van der Waals surface area contributed by atoms with Gasteiger partial charge in [0.05, 0.1) is 0 Å². The van der Waals surface area contributed by atoms with Crippen LogP contribution in [0.2, 0.25) is 0 Å². The fourth-order valence-electron chi connectivity index (χ4n) is 2.05. The van der Waals surface area contributed by atoms with Crippen LogP contribution < -0.4 is 5.32 Å². The topological polar surface area (TPSA) is 57.8 Å². The number of carbonyl (C=O) groups excluding carboxylic acids is 1. The summed E-state index contributed by atoms with van der Waals surface area (Å²) in [5, 5.41) is 10.0. The van der Waals surface area contributed by atoms with Gasteiger partial charge < -0.3 is 5.32 Å². The Kier molecular flexibility index (Phi) is 2.23. The Morgan fingerprint density at radius 1 is 1.50 bits per heavy atom. The maximum atomic E-state index is 11.9. The summed E-state index contributed by atoms with van der Waals surface area (Å²) in [5.74, 6) is 1.27. The highest BCUT2D eigenvalue weighted by atomic mass is 16.2. The van der Waals surface area contributed by atoms with Gasteiger partial charge in [-0.15, -0.1) is 0 Å². The summed E-state index contributed by atoms with van der Waals surface area (Å²) in [6.07, 6.45) is 4.94. The minimum Gasteiger partial charge on any atom is -0.348 e. The Morgan fingerprint density at radius 3 is 2.88 bits per heavy atom. The van der Waals surface area contributed by atoms with Crippen molar-refractivity contribution in [1.29, 1.82) is 0 Å². The number of nitrogens with zero attached hydrogens (tertiary/aromatic N) is 1. The Hall–Kier alpha value is -1.32. The van der Waals surface area contributed by atoms with Crippen LogP contribution in [-0.4, -0.2) is 22.1 Å². The summed E-state index contributed by atoms with van der Waals surface area (Å²) in [7, 11) is 0. The van der Waals surface area contributed by atoms with Crippen molar-refractivity contribution in [3.63, 3.8) is 0 Å². The van der Waals surface area contributed by atoms with Gasteiger partial charge in [0.15, 0.2) is 0 Å². The molecule has 0 aliphatic heterocycles. The molecule has 2 N–H and O–H groups in total. The van der Waals surface area contributed by atoms with Crippen LogP contribution in [0.4, 0.5) is 0 Å². The number of rotatable bonds is 4. The lowest BCUT2D eigenvalue weighted by Crippen LogP contribution is -2.34. The quantitative estimate of drug-likeness (QED) is 0.811. The molecule has 2 saturated carbocycles. The smallest absolute Gasteiger partial charge is 0.271 e. The van der Waals surface area contributed by atoms with E-state index in [0.29, 0.717) is 17.5 Å². The minimum atomic E-state index is -0.0393. The van der Waals surface area contributed by atoms with Gasteiger partial charge >= 0.3 is 0 Å². The zero-order valence-electron chi connectivity index (χ0n) is 9.49. The average Bonchev–Trinajstić information content (AvgIpc) is 3.16. The van der Waals surface area contributed by atoms with Gasteiger partial charge in [-0.3, -0.25) is 9.89 Å². The van der Waals surface area contributed by atoms with Crippen molar-refractivity contribution < 1.29 is 4.79 Å². The van der Waals surface area contributed by atoms with E-state index in [2.05, 4.69) is 22.4 Å². The van der Waals surface area contributed by atoms with E-state index in [-0.39, 0.29) is 11.9 Å². The monoisotopic (exact) mass is 219 g/mol. The second kappa shape index (κ2) is 3.61. The largest absolute Gasteiger partial charge is 0.348 e. The highest BCUT2D eigenvalue weighted by Gasteiger charge is 2.30. The van der Waals surface area contributed by atoms with Crippen LogP contribution in [0, 0.1) is 5.92 Å². The summed E-state index contributed by atoms with van der Waals surface area (Å²) in [4.78, 5) is 11.9. The van der Waals surface area contributed by atoms with Crippen LogP contribution in [0.3, 0.4) is 0 Å². The van der Waals surface area contributed by atoms with Gasteiger partial charge in [0.2, 0.25) is 0 Å². The van der Waals surface area contributed by atoms with Crippen LogP contribution in [0.5, 0.6) is 0 Å². The van der Waals surface area contributed by atoms with E-state index in [1.807, 2.05) is 6.07 Å². The Balaban J connectivity index is 1.63. The first kappa shape index (κ1) is 9.87. The van der Waals surface area contributed by atoms with Crippen molar-refractivity contribution in [1.82, 2.24) is 15.5 Å². The van der Waals surface area contributed by atoms with E-state index >= 15 is 0 Å². The summed E-state index contributed by atoms with van der Waals surface area (Å²) in [5.41, 5.74) is 1.65. The van der Waals surface area contributed by atoms with Crippen molar-refractivity contribution in [3.8, 4) is 0 Å². The van der Waals surface area contributed by atoms with Crippen LogP contribution in [0.25, 0.3) is 0 Å². The summed E-state index contributed by atoms with van der Waals surface area (Å²) in [6, 6.07) is 2.18. The highest BCUT2D eigenvalue weighted by molar-refractivity contribution is 5.92. The molecule has 2 fully saturated rings. The molecule has 1 aromatic rings. The van der Waals surface area contributed by atoms with Crippen molar-refractivity contribution >= 4 is 5.91 Å². The fourth-order valence-corrected chi connectivity index (χ4v) is 2.05. The van der Waals surface area contributed by atoms with E-state index < -0.39 is 0 Å². The third-order valence-electron chi connectivity index (χ3n) is 3.54. The number of carbonyl (C=O) groups is 1.